The summed E-state index contributed by atoms with van der Waals surface area (Å²) < 4.78 is 0. The van der Waals surface area contributed by atoms with Gasteiger partial charge in [-0.3, -0.25) is 9.59 Å². The van der Waals surface area contributed by atoms with Gasteiger partial charge >= 0.3 is 0 Å². The number of aryl methyl sites for hydroxylation is 1. The maximum atomic E-state index is 12.4. The lowest BCUT2D eigenvalue weighted by atomic mass is 10.1. The van der Waals surface area contributed by atoms with E-state index < -0.39 is 0 Å². The Balaban J connectivity index is 1.67. The number of carbonyl (C=O) groups excluding carboxylic acids is 2. The van der Waals surface area contributed by atoms with Gasteiger partial charge in [0, 0.05) is 16.4 Å². The third-order valence-electron chi connectivity index (χ3n) is 3.95. The molecule has 0 saturated carbocycles. The molecular formula is C21H15Cl3N2O2. The largest absolute Gasteiger partial charge is 0.322 e. The average Bonchev–Trinajstić information content (AvgIpc) is 2.63. The molecule has 7 heteroatoms. The van der Waals surface area contributed by atoms with Crippen molar-refractivity contribution in [1.29, 1.82) is 0 Å². The van der Waals surface area contributed by atoms with Crippen LogP contribution in [-0.4, -0.2) is 11.8 Å². The molecular weight excluding hydrogens is 419 g/mol. The van der Waals surface area contributed by atoms with Crippen LogP contribution in [0.25, 0.3) is 0 Å². The monoisotopic (exact) mass is 432 g/mol. The Morgan fingerprint density at radius 3 is 1.61 bits per heavy atom. The molecule has 0 fully saturated rings. The topological polar surface area (TPSA) is 58.2 Å². The highest BCUT2D eigenvalue weighted by molar-refractivity contribution is 6.37. The minimum absolute atomic E-state index is 0.267. The fourth-order valence-corrected chi connectivity index (χ4v) is 3.33. The van der Waals surface area contributed by atoms with Crippen LogP contribution in [-0.2, 0) is 0 Å². The molecule has 0 unspecified atom stereocenters. The molecule has 0 atom stereocenters. The van der Waals surface area contributed by atoms with Gasteiger partial charge < -0.3 is 10.6 Å². The molecule has 3 aromatic rings. The zero-order chi connectivity index (χ0) is 20.3. The summed E-state index contributed by atoms with van der Waals surface area (Å²) in [5, 5.41) is 6.63. The van der Waals surface area contributed by atoms with E-state index in [1.165, 1.54) is 6.07 Å². The third kappa shape index (κ3) is 4.84. The number of hydrogen-bond donors (Lipinski definition) is 2. The SMILES string of the molecule is Cc1ccc(C(=O)Nc2ccc(NC(=O)c3ccc(Cl)cc3Cl)cc2)c(Cl)c1. The van der Waals surface area contributed by atoms with Crippen molar-refractivity contribution >= 4 is 58.0 Å². The van der Waals surface area contributed by atoms with Gasteiger partial charge in [0.2, 0.25) is 0 Å². The molecule has 0 radical (unpaired) electrons. The zero-order valence-corrected chi connectivity index (χ0v) is 17.0. The van der Waals surface area contributed by atoms with Crippen LogP contribution in [0.1, 0.15) is 26.3 Å². The van der Waals surface area contributed by atoms with Crippen LogP contribution in [0.2, 0.25) is 15.1 Å². The van der Waals surface area contributed by atoms with Crippen LogP contribution < -0.4 is 10.6 Å². The van der Waals surface area contributed by atoms with E-state index in [4.69, 9.17) is 34.8 Å². The van der Waals surface area contributed by atoms with Gasteiger partial charge in [0.25, 0.3) is 11.8 Å². The number of amides is 2. The van der Waals surface area contributed by atoms with Crippen molar-refractivity contribution in [3.8, 4) is 0 Å². The summed E-state index contributed by atoms with van der Waals surface area (Å²) in [5.41, 5.74) is 2.81. The normalized spacial score (nSPS) is 10.4. The first-order chi connectivity index (χ1) is 13.3. The Morgan fingerprint density at radius 2 is 1.14 bits per heavy atom. The summed E-state index contributed by atoms with van der Waals surface area (Å²) in [7, 11) is 0. The summed E-state index contributed by atoms with van der Waals surface area (Å²) >= 11 is 18.0. The summed E-state index contributed by atoms with van der Waals surface area (Å²) in [6.45, 7) is 1.90. The van der Waals surface area contributed by atoms with Crippen molar-refractivity contribution in [3.63, 3.8) is 0 Å². The smallest absolute Gasteiger partial charge is 0.257 e. The van der Waals surface area contributed by atoms with Crippen LogP contribution in [0.3, 0.4) is 0 Å². The number of carbonyl (C=O) groups is 2. The molecule has 2 amide bonds. The number of rotatable bonds is 4. The summed E-state index contributed by atoms with van der Waals surface area (Å²) in [5.74, 6) is -0.667. The van der Waals surface area contributed by atoms with Crippen LogP contribution in [0.15, 0.2) is 60.7 Å². The highest BCUT2D eigenvalue weighted by Gasteiger charge is 2.12. The maximum Gasteiger partial charge on any atom is 0.257 e. The van der Waals surface area contributed by atoms with E-state index in [1.54, 1.807) is 48.5 Å². The van der Waals surface area contributed by atoms with E-state index in [0.717, 1.165) is 5.56 Å². The predicted octanol–water partition coefficient (Wildman–Crippen LogP) is 6.46. The van der Waals surface area contributed by atoms with E-state index in [9.17, 15) is 9.59 Å². The van der Waals surface area contributed by atoms with Gasteiger partial charge in [0.05, 0.1) is 21.2 Å². The van der Waals surface area contributed by atoms with E-state index in [1.807, 2.05) is 13.0 Å². The van der Waals surface area contributed by atoms with Crippen LogP contribution >= 0.6 is 34.8 Å². The number of nitrogens with one attached hydrogen (secondary N) is 2. The summed E-state index contributed by atoms with van der Waals surface area (Å²) in [6.07, 6.45) is 0. The summed E-state index contributed by atoms with van der Waals surface area (Å²) in [4.78, 5) is 24.7. The molecule has 3 rings (SSSR count). The Labute approximate surface area is 177 Å². The standard InChI is InChI=1S/C21H15Cl3N2O2/c1-12-2-8-16(18(23)10-12)20(27)25-14-4-6-15(7-5-14)26-21(28)17-9-3-13(22)11-19(17)24/h2-11H,1H3,(H,25,27)(H,26,28). The first-order valence-corrected chi connectivity index (χ1v) is 9.41. The van der Waals surface area contributed by atoms with Crippen molar-refractivity contribution in [1.82, 2.24) is 0 Å². The highest BCUT2D eigenvalue weighted by Crippen LogP contribution is 2.23. The van der Waals surface area contributed by atoms with Gasteiger partial charge in [-0.05, 0) is 67.1 Å². The molecule has 0 aliphatic heterocycles. The van der Waals surface area contributed by atoms with Crippen molar-refractivity contribution in [2.24, 2.45) is 0 Å². The van der Waals surface area contributed by atoms with Gasteiger partial charge in [0.15, 0.2) is 0 Å². The molecule has 0 aromatic heterocycles. The van der Waals surface area contributed by atoms with Crippen LogP contribution in [0.4, 0.5) is 11.4 Å². The minimum Gasteiger partial charge on any atom is -0.322 e. The minimum atomic E-state index is -0.357. The molecule has 0 aliphatic rings. The van der Waals surface area contributed by atoms with Gasteiger partial charge in [-0.15, -0.1) is 0 Å². The maximum absolute atomic E-state index is 12.4. The Morgan fingerprint density at radius 1 is 0.679 bits per heavy atom. The first-order valence-electron chi connectivity index (χ1n) is 8.27. The number of benzene rings is 3. The third-order valence-corrected chi connectivity index (χ3v) is 4.81. The van der Waals surface area contributed by atoms with Crippen molar-refractivity contribution in [2.75, 3.05) is 10.6 Å². The van der Waals surface area contributed by atoms with E-state index in [0.29, 0.717) is 32.5 Å². The quantitative estimate of drug-likeness (QED) is 0.496. The molecule has 142 valence electrons. The molecule has 0 bridgehead atoms. The Kier molecular flexibility index (Phi) is 6.25. The molecule has 0 aliphatic carbocycles. The van der Waals surface area contributed by atoms with Crippen LogP contribution in [0.5, 0.6) is 0 Å². The molecule has 3 aromatic carbocycles. The van der Waals surface area contributed by atoms with Gasteiger partial charge in [-0.2, -0.15) is 0 Å². The van der Waals surface area contributed by atoms with Gasteiger partial charge in [0.1, 0.15) is 0 Å². The Bertz CT molecular complexity index is 966. The second-order valence-electron chi connectivity index (χ2n) is 6.09. The molecule has 0 heterocycles. The molecule has 4 nitrogen and oxygen atoms in total. The number of anilines is 2. The second-order valence-corrected chi connectivity index (χ2v) is 7.34. The molecule has 0 spiro atoms. The molecule has 28 heavy (non-hydrogen) atoms. The van der Waals surface area contributed by atoms with E-state index >= 15 is 0 Å². The van der Waals surface area contributed by atoms with Gasteiger partial charge in [-0.25, -0.2) is 0 Å². The van der Waals surface area contributed by atoms with Gasteiger partial charge in [-0.1, -0.05) is 40.9 Å². The van der Waals surface area contributed by atoms with Crippen LogP contribution in [0, 0.1) is 6.92 Å². The van der Waals surface area contributed by atoms with Crippen molar-refractivity contribution in [3.05, 3.63) is 92.4 Å². The lowest BCUT2D eigenvalue weighted by molar-refractivity contribution is 0.101. The fraction of sp³-hybridized carbons (Fsp3) is 0.0476. The number of halogens is 3. The molecule has 2 N–H and O–H groups in total. The molecule has 0 saturated heterocycles. The Hall–Kier alpha value is -2.53. The number of hydrogen-bond acceptors (Lipinski definition) is 2. The lowest BCUT2D eigenvalue weighted by Crippen LogP contribution is -2.14. The second kappa shape index (κ2) is 8.65. The first kappa shape index (κ1) is 20.2. The van der Waals surface area contributed by atoms with Crippen molar-refractivity contribution in [2.45, 2.75) is 6.92 Å². The highest BCUT2D eigenvalue weighted by atomic mass is 35.5. The fourth-order valence-electron chi connectivity index (χ4n) is 2.51. The zero-order valence-electron chi connectivity index (χ0n) is 14.7. The average molecular weight is 434 g/mol. The predicted molar refractivity (Wildman–Crippen MR) is 115 cm³/mol. The lowest BCUT2D eigenvalue weighted by Gasteiger charge is -2.10. The summed E-state index contributed by atoms with van der Waals surface area (Å²) in [6, 6.07) is 16.6. The van der Waals surface area contributed by atoms with E-state index in [-0.39, 0.29) is 16.8 Å². The van der Waals surface area contributed by atoms with Crippen molar-refractivity contribution < 1.29 is 9.59 Å². The van der Waals surface area contributed by atoms with E-state index in [2.05, 4.69) is 10.6 Å².